The van der Waals surface area contributed by atoms with Gasteiger partial charge >= 0.3 is 5.97 Å². The van der Waals surface area contributed by atoms with Gasteiger partial charge in [0.15, 0.2) is 0 Å². The molecule has 0 saturated heterocycles. The molecule has 0 aromatic carbocycles. The first kappa shape index (κ1) is 12.1. The molecule has 2 heterocycles. The third-order valence-corrected chi connectivity index (χ3v) is 3.39. The Kier molecular flexibility index (Phi) is 3.75. The van der Waals surface area contributed by atoms with Gasteiger partial charge in [0.2, 0.25) is 0 Å². The third kappa shape index (κ3) is 3.04. The number of hydrogen-bond acceptors (Lipinski definition) is 4. The van der Waals surface area contributed by atoms with E-state index in [1.54, 1.807) is 6.20 Å². The van der Waals surface area contributed by atoms with E-state index >= 15 is 0 Å². The smallest absolute Gasteiger partial charge is 0.336 e. The second kappa shape index (κ2) is 5.29. The summed E-state index contributed by atoms with van der Waals surface area (Å²) in [5, 5.41) is 9.74. The van der Waals surface area contributed by atoms with Gasteiger partial charge in [-0.05, 0) is 34.1 Å². The van der Waals surface area contributed by atoms with Crippen molar-refractivity contribution in [2.24, 2.45) is 0 Å². The van der Waals surface area contributed by atoms with Gasteiger partial charge in [-0.15, -0.1) is 0 Å². The van der Waals surface area contributed by atoms with Crippen molar-refractivity contribution >= 4 is 33.7 Å². The molecule has 0 atom stereocenters. The molecular weight excluding hydrogens is 304 g/mol. The van der Waals surface area contributed by atoms with Gasteiger partial charge in [0.25, 0.3) is 0 Å². The highest BCUT2D eigenvalue weighted by molar-refractivity contribution is 9.10. The lowest BCUT2D eigenvalue weighted by molar-refractivity contribution is 0.0693. The van der Waals surface area contributed by atoms with Gasteiger partial charge in [0, 0.05) is 28.0 Å². The highest BCUT2D eigenvalue weighted by Gasteiger charge is 2.11. The molecule has 0 radical (unpaired) electrons. The van der Waals surface area contributed by atoms with E-state index in [-0.39, 0.29) is 5.56 Å². The first-order valence-electron chi connectivity index (χ1n) is 4.63. The van der Waals surface area contributed by atoms with Crippen molar-refractivity contribution in [1.29, 1.82) is 0 Å². The second-order valence-corrected chi connectivity index (χ2v) is 5.07. The van der Waals surface area contributed by atoms with Crippen molar-refractivity contribution in [3.63, 3.8) is 0 Å². The van der Waals surface area contributed by atoms with E-state index in [4.69, 9.17) is 5.11 Å². The van der Waals surface area contributed by atoms with Crippen LogP contribution in [0, 0.1) is 0 Å². The average Bonchev–Trinajstić information content (AvgIpc) is 2.32. The summed E-state index contributed by atoms with van der Waals surface area (Å²) in [6, 6.07) is 5.14. The van der Waals surface area contributed by atoms with Crippen molar-refractivity contribution in [2.75, 3.05) is 0 Å². The molecule has 2 aromatic rings. The van der Waals surface area contributed by atoms with Crippen molar-refractivity contribution in [1.82, 2.24) is 9.97 Å². The minimum absolute atomic E-state index is 0.231. The first-order valence-corrected chi connectivity index (χ1v) is 6.24. The molecule has 0 aliphatic heterocycles. The Bertz CT molecular complexity index is 545. The third-order valence-electron chi connectivity index (χ3n) is 1.93. The molecule has 0 unspecified atom stereocenters. The predicted octanol–water partition coefficient (Wildman–Crippen LogP) is 3.09. The second-order valence-electron chi connectivity index (χ2n) is 3.09. The van der Waals surface area contributed by atoms with Crippen LogP contribution in [-0.2, 0) is 0 Å². The van der Waals surface area contributed by atoms with Crippen LogP contribution in [0.5, 0.6) is 0 Å². The lowest BCUT2D eigenvalue weighted by Crippen LogP contribution is -1.99. The molecule has 2 rings (SSSR count). The number of carboxylic acid groups (broad SMARTS) is 1. The molecule has 0 amide bonds. The molecular formula is C11H7BrN2O2S. The van der Waals surface area contributed by atoms with Crippen LogP contribution in [0.1, 0.15) is 10.4 Å². The standard InChI is InChI=1S/C11H7BrN2O2S/c12-7-1-2-10(14-5-7)17-9-6-13-4-3-8(9)11(15)16/h1-6H,(H,15,16). The van der Waals surface area contributed by atoms with E-state index in [2.05, 4.69) is 25.9 Å². The largest absolute Gasteiger partial charge is 0.478 e. The zero-order valence-electron chi connectivity index (χ0n) is 8.50. The monoisotopic (exact) mass is 310 g/mol. The van der Waals surface area contributed by atoms with Gasteiger partial charge in [0.1, 0.15) is 5.03 Å². The van der Waals surface area contributed by atoms with Gasteiger partial charge < -0.3 is 5.11 Å². The number of carboxylic acids is 1. The van der Waals surface area contributed by atoms with Crippen LogP contribution in [0.2, 0.25) is 0 Å². The maximum Gasteiger partial charge on any atom is 0.336 e. The molecule has 0 fully saturated rings. The summed E-state index contributed by atoms with van der Waals surface area (Å²) in [5.74, 6) is -0.966. The lowest BCUT2D eigenvalue weighted by atomic mass is 10.3. The fourth-order valence-electron chi connectivity index (χ4n) is 1.17. The molecule has 1 N–H and O–H groups in total. The van der Waals surface area contributed by atoms with Crippen LogP contribution < -0.4 is 0 Å². The molecule has 0 bridgehead atoms. The van der Waals surface area contributed by atoms with Crippen molar-refractivity contribution in [2.45, 2.75) is 9.92 Å². The van der Waals surface area contributed by atoms with Crippen LogP contribution >= 0.6 is 27.7 Å². The first-order chi connectivity index (χ1) is 8.16. The number of halogens is 1. The van der Waals surface area contributed by atoms with Gasteiger partial charge in [0.05, 0.1) is 5.56 Å². The Morgan fingerprint density at radius 3 is 2.76 bits per heavy atom. The number of hydrogen-bond donors (Lipinski definition) is 1. The summed E-state index contributed by atoms with van der Waals surface area (Å²) in [4.78, 5) is 19.7. The number of rotatable bonds is 3. The van der Waals surface area contributed by atoms with E-state index in [1.165, 1.54) is 30.2 Å². The summed E-state index contributed by atoms with van der Waals surface area (Å²) in [6.07, 6.45) is 4.65. The summed E-state index contributed by atoms with van der Waals surface area (Å²) in [7, 11) is 0. The highest BCUT2D eigenvalue weighted by Crippen LogP contribution is 2.28. The van der Waals surface area contributed by atoms with E-state index in [1.807, 2.05) is 12.1 Å². The summed E-state index contributed by atoms with van der Waals surface area (Å²) < 4.78 is 0.881. The molecule has 17 heavy (non-hydrogen) atoms. The van der Waals surface area contributed by atoms with E-state index in [0.717, 1.165) is 9.50 Å². The van der Waals surface area contributed by atoms with Crippen LogP contribution in [0.4, 0.5) is 0 Å². The minimum Gasteiger partial charge on any atom is -0.478 e. The molecule has 4 nitrogen and oxygen atoms in total. The fourth-order valence-corrected chi connectivity index (χ4v) is 2.25. The Morgan fingerprint density at radius 1 is 1.29 bits per heavy atom. The Balaban J connectivity index is 2.30. The zero-order valence-corrected chi connectivity index (χ0v) is 10.9. The molecule has 0 saturated carbocycles. The summed E-state index contributed by atoms with van der Waals surface area (Å²) in [6.45, 7) is 0. The van der Waals surface area contributed by atoms with Gasteiger partial charge in [-0.2, -0.15) is 0 Å². The topological polar surface area (TPSA) is 63.1 Å². The van der Waals surface area contributed by atoms with Crippen LogP contribution in [0.3, 0.4) is 0 Å². The molecule has 0 aliphatic carbocycles. The number of pyridine rings is 2. The van der Waals surface area contributed by atoms with Crippen molar-refractivity contribution in [3.05, 3.63) is 46.8 Å². The maximum absolute atomic E-state index is 11.0. The van der Waals surface area contributed by atoms with Crippen molar-refractivity contribution < 1.29 is 9.90 Å². The van der Waals surface area contributed by atoms with Crippen molar-refractivity contribution in [3.8, 4) is 0 Å². The minimum atomic E-state index is -0.966. The molecule has 0 aliphatic rings. The number of aromatic carboxylic acids is 1. The highest BCUT2D eigenvalue weighted by atomic mass is 79.9. The number of nitrogens with zero attached hydrogens (tertiary/aromatic N) is 2. The van der Waals surface area contributed by atoms with E-state index < -0.39 is 5.97 Å². The zero-order chi connectivity index (χ0) is 12.3. The Labute approximate surface area is 110 Å². The van der Waals surface area contributed by atoms with Gasteiger partial charge in [-0.3, -0.25) is 4.98 Å². The number of aromatic nitrogens is 2. The van der Waals surface area contributed by atoms with E-state index in [0.29, 0.717) is 4.90 Å². The fraction of sp³-hybridized carbons (Fsp3) is 0. The normalized spacial score (nSPS) is 10.2. The van der Waals surface area contributed by atoms with Gasteiger partial charge in [-0.1, -0.05) is 11.8 Å². The molecule has 2 aromatic heterocycles. The quantitative estimate of drug-likeness (QED) is 0.944. The lowest BCUT2D eigenvalue weighted by Gasteiger charge is -2.03. The van der Waals surface area contributed by atoms with Crippen LogP contribution in [0.25, 0.3) is 0 Å². The summed E-state index contributed by atoms with van der Waals surface area (Å²) in [5.41, 5.74) is 0.231. The van der Waals surface area contributed by atoms with Crippen LogP contribution in [-0.4, -0.2) is 21.0 Å². The SMILES string of the molecule is O=C(O)c1ccncc1Sc1ccc(Br)cn1. The molecule has 86 valence electrons. The Hall–Kier alpha value is -1.40. The predicted molar refractivity (Wildman–Crippen MR) is 67.3 cm³/mol. The molecule has 0 spiro atoms. The van der Waals surface area contributed by atoms with E-state index in [9.17, 15) is 4.79 Å². The average molecular weight is 311 g/mol. The molecule has 6 heteroatoms. The van der Waals surface area contributed by atoms with Gasteiger partial charge in [-0.25, -0.2) is 9.78 Å². The van der Waals surface area contributed by atoms with Crippen LogP contribution in [0.15, 0.2) is 51.2 Å². The number of carbonyl (C=O) groups is 1. The Morgan fingerprint density at radius 2 is 2.12 bits per heavy atom. The maximum atomic E-state index is 11.0. The summed E-state index contributed by atoms with van der Waals surface area (Å²) >= 11 is 4.57.